The number of benzene rings is 1. The van der Waals surface area contributed by atoms with Gasteiger partial charge in [-0.1, -0.05) is 6.07 Å². The van der Waals surface area contributed by atoms with Crippen molar-refractivity contribution in [2.75, 3.05) is 40.4 Å². The van der Waals surface area contributed by atoms with Crippen molar-refractivity contribution >= 4 is 12.0 Å². The highest BCUT2D eigenvalue weighted by molar-refractivity contribution is 5.80. The number of nitrogens with zero attached hydrogens (tertiary/aromatic N) is 2. The minimum atomic E-state index is -0.524. The van der Waals surface area contributed by atoms with Crippen LogP contribution in [0.25, 0.3) is 0 Å². The number of rotatable bonds is 4. The Bertz CT molecular complexity index is 669. The first-order chi connectivity index (χ1) is 12.7. The predicted molar refractivity (Wildman–Crippen MR) is 102 cm³/mol. The molecule has 7 nitrogen and oxygen atoms in total. The summed E-state index contributed by atoms with van der Waals surface area (Å²) in [4.78, 5) is 28.5. The number of hydrogen-bond acceptors (Lipinski definition) is 5. The Morgan fingerprint density at radius 3 is 2.30 bits per heavy atom. The SMILES string of the molecule is COc1ccc(CC(=O)N2CCCN(C(=O)OC(C)(C)C)CC2)c(OC)c1. The maximum atomic E-state index is 12.8. The van der Waals surface area contributed by atoms with Crippen molar-refractivity contribution in [3.63, 3.8) is 0 Å². The van der Waals surface area contributed by atoms with E-state index in [0.29, 0.717) is 37.7 Å². The largest absolute Gasteiger partial charge is 0.497 e. The number of hydrogen-bond donors (Lipinski definition) is 0. The molecule has 0 spiro atoms. The normalized spacial score (nSPS) is 15.1. The maximum absolute atomic E-state index is 12.8. The van der Waals surface area contributed by atoms with Crippen LogP contribution in [0.1, 0.15) is 32.8 Å². The van der Waals surface area contributed by atoms with Crippen LogP contribution in [0.15, 0.2) is 18.2 Å². The molecule has 1 aliphatic heterocycles. The number of ether oxygens (including phenoxy) is 3. The van der Waals surface area contributed by atoms with Gasteiger partial charge in [0.15, 0.2) is 0 Å². The topological polar surface area (TPSA) is 68.3 Å². The molecular weight excluding hydrogens is 348 g/mol. The summed E-state index contributed by atoms with van der Waals surface area (Å²) in [7, 11) is 3.17. The van der Waals surface area contributed by atoms with Gasteiger partial charge in [0.05, 0.1) is 20.6 Å². The molecule has 0 aromatic heterocycles. The van der Waals surface area contributed by atoms with Gasteiger partial charge in [-0.3, -0.25) is 4.79 Å². The zero-order valence-corrected chi connectivity index (χ0v) is 16.9. The molecule has 7 heteroatoms. The van der Waals surface area contributed by atoms with E-state index >= 15 is 0 Å². The molecule has 2 rings (SSSR count). The van der Waals surface area contributed by atoms with Crippen LogP contribution in [0.2, 0.25) is 0 Å². The van der Waals surface area contributed by atoms with Gasteiger partial charge in [0.2, 0.25) is 5.91 Å². The molecule has 27 heavy (non-hydrogen) atoms. The first-order valence-corrected chi connectivity index (χ1v) is 9.20. The van der Waals surface area contributed by atoms with E-state index in [4.69, 9.17) is 14.2 Å². The third-order valence-corrected chi connectivity index (χ3v) is 4.34. The van der Waals surface area contributed by atoms with Crippen LogP contribution >= 0.6 is 0 Å². The van der Waals surface area contributed by atoms with Gasteiger partial charge in [0.1, 0.15) is 17.1 Å². The number of methoxy groups -OCH3 is 2. The lowest BCUT2D eigenvalue weighted by molar-refractivity contribution is -0.130. The second-order valence-corrected chi connectivity index (χ2v) is 7.56. The smallest absolute Gasteiger partial charge is 0.410 e. The molecule has 150 valence electrons. The van der Waals surface area contributed by atoms with Crippen molar-refractivity contribution in [3.8, 4) is 11.5 Å². The molecule has 1 aliphatic rings. The van der Waals surface area contributed by atoms with Gasteiger partial charge >= 0.3 is 6.09 Å². The fourth-order valence-electron chi connectivity index (χ4n) is 2.95. The van der Waals surface area contributed by atoms with E-state index < -0.39 is 5.60 Å². The van der Waals surface area contributed by atoms with E-state index in [1.165, 1.54) is 0 Å². The Hall–Kier alpha value is -2.44. The summed E-state index contributed by atoms with van der Waals surface area (Å²) >= 11 is 0. The minimum Gasteiger partial charge on any atom is -0.497 e. The van der Waals surface area contributed by atoms with Crippen molar-refractivity contribution in [2.24, 2.45) is 0 Å². The zero-order chi connectivity index (χ0) is 20.0. The Labute approximate surface area is 161 Å². The maximum Gasteiger partial charge on any atom is 0.410 e. The van der Waals surface area contributed by atoms with Gasteiger partial charge in [0, 0.05) is 37.8 Å². The second-order valence-electron chi connectivity index (χ2n) is 7.56. The van der Waals surface area contributed by atoms with E-state index in [9.17, 15) is 9.59 Å². The average Bonchev–Trinajstić information content (AvgIpc) is 2.87. The fraction of sp³-hybridized carbons (Fsp3) is 0.600. The van der Waals surface area contributed by atoms with Crippen LogP contribution in [-0.2, 0) is 16.0 Å². The predicted octanol–water partition coefficient (Wildman–Crippen LogP) is 2.72. The summed E-state index contributed by atoms with van der Waals surface area (Å²) in [5.74, 6) is 1.34. The molecule has 1 saturated heterocycles. The molecule has 0 atom stereocenters. The molecule has 0 unspecified atom stereocenters. The summed E-state index contributed by atoms with van der Waals surface area (Å²) in [6.07, 6.45) is 0.651. The van der Waals surface area contributed by atoms with E-state index in [1.807, 2.05) is 32.9 Å². The van der Waals surface area contributed by atoms with Crippen LogP contribution in [0, 0.1) is 0 Å². The van der Waals surface area contributed by atoms with Crippen LogP contribution in [-0.4, -0.2) is 67.8 Å². The number of carbonyl (C=O) groups is 2. The zero-order valence-electron chi connectivity index (χ0n) is 16.9. The standard InChI is InChI=1S/C20H30N2O5/c1-20(2,3)27-19(24)22-10-6-9-21(11-12-22)18(23)13-15-7-8-16(25-4)14-17(15)26-5/h7-8,14H,6,9-13H2,1-5H3. The third kappa shape index (κ3) is 6.05. The van der Waals surface area contributed by atoms with Crippen LogP contribution in [0.4, 0.5) is 4.79 Å². The first-order valence-electron chi connectivity index (χ1n) is 9.20. The van der Waals surface area contributed by atoms with Crippen molar-refractivity contribution in [2.45, 2.75) is 39.2 Å². The molecular formula is C20H30N2O5. The Balaban J connectivity index is 1.97. The van der Waals surface area contributed by atoms with Crippen LogP contribution < -0.4 is 9.47 Å². The molecule has 1 fully saturated rings. The Morgan fingerprint density at radius 2 is 1.67 bits per heavy atom. The van der Waals surface area contributed by atoms with Crippen LogP contribution in [0.3, 0.4) is 0 Å². The van der Waals surface area contributed by atoms with Gasteiger partial charge < -0.3 is 24.0 Å². The second kappa shape index (κ2) is 8.97. The quantitative estimate of drug-likeness (QED) is 0.806. The summed E-state index contributed by atoms with van der Waals surface area (Å²) in [6, 6.07) is 5.44. The molecule has 0 saturated carbocycles. The highest BCUT2D eigenvalue weighted by Gasteiger charge is 2.26. The van der Waals surface area contributed by atoms with E-state index in [2.05, 4.69) is 0 Å². The van der Waals surface area contributed by atoms with Crippen molar-refractivity contribution < 1.29 is 23.8 Å². The highest BCUT2D eigenvalue weighted by atomic mass is 16.6. The lowest BCUT2D eigenvalue weighted by Gasteiger charge is -2.26. The van der Waals surface area contributed by atoms with E-state index in [1.54, 1.807) is 30.1 Å². The van der Waals surface area contributed by atoms with Crippen molar-refractivity contribution in [1.29, 1.82) is 0 Å². The molecule has 0 aliphatic carbocycles. The summed E-state index contributed by atoms with van der Waals surface area (Å²) in [5, 5.41) is 0. The van der Waals surface area contributed by atoms with Crippen molar-refractivity contribution in [1.82, 2.24) is 9.80 Å². The molecule has 0 radical (unpaired) electrons. The molecule has 0 bridgehead atoms. The van der Waals surface area contributed by atoms with Gasteiger partial charge in [0.25, 0.3) is 0 Å². The number of amides is 2. The molecule has 0 N–H and O–H groups in total. The molecule has 2 amide bonds. The average molecular weight is 378 g/mol. The van der Waals surface area contributed by atoms with E-state index in [0.717, 1.165) is 12.0 Å². The monoisotopic (exact) mass is 378 g/mol. The fourth-order valence-corrected chi connectivity index (χ4v) is 2.95. The Kier molecular flexibility index (Phi) is 6.93. The molecule has 1 aromatic carbocycles. The van der Waals surface area contributed by atoms with Gasteiger partial charge in [-0.15, -0.1) is 0 Å². The molecule has 1 heterocycles. The summed E-state index contributed by atoms with van der Waals surface area (Å²) in [6.45, 7) is 7.72. The molecule has 1 aromatic rings. The summed E-state index contributed by atoms with van der Waals surface area (Å²) in [5.41, 5.74) is 0.292. The lowest BCUT2D eigenvalue weighted by Crippen LogP contribution is -2.40. The van der Waals surface area contributed by atoms with Gasteiger partial charge in [-0.25, -0.2) is 4.79 Å². The minimum absolute atomic E-state index is 0.0181. The summed E-state index contributed by atoms with van der Waals surface area (Å²) < 4.78 is 16.0. The highest BCUT2D eigenvalue weighted by Crippen LogP contribution is 2.25. The first kappa shape index (κ1) is 20.9. The van der Waals surface area contributed by atoms with Crippen LogP contribution in [0.5, 0.6) is 11.5 Å². The lowest BCUT2D eigenvalue weighted by atomic mass is 10.1. The third-order valence-electron chi connectivity index (χ3n) is 4.34. The van der Waals surface area contributed by atoms with E-state index in [-0.39, 0.29) is 18.4 Å². The van der Waals surface area contributed by atoms with Gasteiger partial charge in [-0.2, -0.15) is 0 Å². The Morgan fingerprint density at radius 1 is 1.00 bits per heavy atom. The number of carbonyl (C=O) groups excluding carboxylic acids is 2. The van der Waals surface area contributed by atoms with Gasteiger partial charge in [-0.05, 0) is 33.3 Å². The van der Waals surface area contributed by atoms with Crippen molar-refractivity contribution in [3.05, 3.63) is 23.8 Å².